The number of carbonyl (C=O) groups is 2. The molecule has 0 saturated heterocycles. The highest BCUT2D eigenvalue weighted by molar-refractivity contribution is 5.91. The minimum absolute atomic E-state index is 0.135. The highest BCUT2D eigenvalue weighted by Crippen LogP contribution is 2.34. The van der Waals surface area contributed by atoms with Gasteiger partial charge >= 0.3 is 29.7 Å². The molecule has 1 aromatic heterocycles. The van der Waals surface area contributed by atoms with Gasteiger partial charge in [-0.15, -0.1) is 0 Å². The van der Waals surface area contributed by atoms with Crippen molar-refractivity contribution in [1.82, 2.24) is 4.98 Å². The number of hydrogen-bond acceptors (Lipinski definition) is 6. The first-order valence-electron chi connectivity index (χ1n) is 4.75. The molecule has 0 fully saturated rings. The molecule has 1 N–H and O–H groups in total. The maximum absolute atomic E-state index is 12.3. The summed E-state index contributed by atoms with van der Waals surface area (Å²) in [5, 5.41) is 18.9. The zero-order valence-electron chi connectivity index (χ0n) is 9.38. The summed E-state index contributed by atoms with van der Waals surface area (Å²) in [6.07, 6.45) is -5.74. The number of nitro groups is 1. The molecule has 0 bridgehead atoms. The number of pyridine rings is 1. The monoisotopic (exact) mass is 294 g/mol. The average molecular weight is 294 g/mol. The van der Waals surface area contributed by atoms with Gasteiger partial charge in [0.05, 0.1) is 10.5 Å². The van der Waals surface area contributed by atoms with Crippen molar-refractivity contribution in [2.75, 3.05) is 0 Å². The Morgan fingerprint density at radius 1 is 1.45 bits per heavy atom. The molecule has 0 amide bonds. The van der Waals surface area contributed by atoms with Crippen LogP contribution in [0.25, 0.3) is 0 Å². The maximum atomic E-state index is 12.3. The first-order chi connectivity index (χ1) is 9.11. The highest BCUT2D eigenvalue weighted by Gasteiger charge is 2.34. The number of carboxylic acid groups (broad SMARTS) is 1. The van der Waals surface area contributed by atoms with Crippen molar-refractivity contribution in [2.45, 2.75) is 12.6 Å². The summed E-state index contributed by atoms with van der Waals surface area (Å²) in [4.78, 5) is 33.6. The van der Waals surface area contributed by atoms with Gasteiger partial charge in [0.25, 0.3) is 0 Å². The Morgan fingerprint density at radius 3 is 2.50 bits per heavy atom. The Morgan fingerprint density at radius 2 is 2.05 bits per heavy atom. The summed E-state index contributed by atoms with van der Waals surface area (Å²) in [5.74, 6) is -3.97. The van der Waals surface area contributed by atoms with Crippen molar-refractivity contribution in [3.8, 4) is 5.88 Å². The SMILES string of the molecule is O=C(O)CC(=O)Oc1ncc(C(F)(F)F)cc1[N+](=O)[O-]. The van der Waals surface area contributed by atoms with E-state index in [1.807, 2.05) is 0 Å². The molecule has 8 nitrogen and oxygen atoms in total. The summed E-state index contributed by atoms with van der Waals surface area (Å²) < 4.78 is 41.3. The normalized spacial score (nSPS) is 10.9. The zero-order valence-corrected chi connectivity index (χ0v) is 9.38. The van der Waals surface area contributed by atoms with Gasteiger partial charge in [0, 0.05) is 12.3 Å². The number of hydrogen-bond donors (Lipinski definition) is 1. The third kappa shape index (κ3) is 3.90. The molecule has 0 unspecified atom stereocenters. The molecule has 0 aliphatic rings. The summed E-state index contributed by atoms with van der Waals surface area (Å²) in [7, 11) is 0. The maximum Gasteiger partial charge on any atom is 0.418 e. The predicted molar refractivity (Wildman–Crippen MR) is 53.8 cm³/mol. The second-order valence-corrected chi connectivity index (χ2v) is 3.35. The lowest BCUT2D eigenvalue weighted by molar-refractivity contribution is -0.386. The van der Waals surface area contributed by atoms with Gasteiger partial charge < -0.3 is 9.84 Å². The van der Waals surface area contributed by atoms with Crippen LogP contribution in [-0.2, 0) is 15.8 Å². The van der Waals surface area contributed by atoms with Gasteiger partial charge in [-0.25, -0.2) is 4.98 Å². The van der Waals surface area contributed by atoms with Crippen LogP contribution in [0.4, 0.5) is 18.9 Å². The Kier molecular flexibility index (Phi) is 4.22. The third-order valence-corrected chi connectivity index (χ3v) is 1.86. The lowest BCUT2D eigenvalue weighted by atomic mass is 10.2. The molecular weight excluding hydrogens is 289 g/mol. The number of carboxylic acids is 1. The van der Waals surface area contributed by atoms with E-state index in [0.29, 0.717) is 0 Å². The van der Waals surface area contributed by atoms with Gasteiger partial charge in [0.2, 0.25) is 0 Å². The van der Waals surface area contributed by atoms with E-state index in [1.165, 1.54) is 0 Å². The number of rotatable bonds is 4. The molecule has 1 rings (SSSR count). The molecule has 0 aliphatic carbocycles. The zero-order chi connectivity index (χ0) is 15.5. The predicted octanol–water partition coefficient (Wildman–Crippen LogP) is 1.39. The number of aromatic nitrogens is 1. The molecule has 108 valence electrons. The summed E-state index contributed by atoms with van der Waals surface area (Å²) in [6.45, 7) is 0. The van der Waals surface area contributed by atoms with E-state index in [4.69, 9.17) is 5.11 Å². The van der Waals surface area contributed by atoms with Crippen LogP contribution < -0.4 is 4.74 Å². The minimum Gasteiger partial charge on any atom is -0.481 e. The van der Waals surface area contributed by atoms with Crippen molar-refractivity contribution < 1.29 is 37.5 Å². The van der Waals surface area contributed by atoms with Crippen molar-refractivity contribution >= 4 is 17.6 Å². The average Bonchev–Trinajstić information content (AvgIpc) is 2.26. The Hall–Kier alpha value is -2.72. The molecular formula is C9H5F3N2O6. The second kappa shape index (κ2) is 5.50. The van der Waals surface area contributed by atoms with Crippen molar-refractivity contribution in [2.24, 2.45) is 0 Å². The van der Waals surface area contributed by atoms with E-state index >= 15 is 0 Å². The lowest BCUT2D eigenvalue weighted by Gasteiger charge is -2.07. The van der Waals surface area contributed by atoms with Crippen LogP contribution in [0, 0.1) is 10.1 Å². The van der Waals surface area contributed by atoms with E-state index in [9.17, 15) is 32.9 Å². The number of esters is 1. The molecule has 11 heteroatoms. The molecule has 1 heterocycles. The van der Waals surface area contributed by atoms with Crippen LogP contribution in [0.2, 0.25) is 0 Å². The number of alkyl halides is 3. The van der Waals surface area contributed by atoms with E-state index < -0.39 is 46.6 Å². The van der Waals surface area contributed by atoms with Gasteiger partial charge in [0.15, 0.2) is 0 Å². The van der Waals surface area contributed by atoms with Crippen LogP contribution in [0.3, 0.4) is 0 Å². The first-order valence-corrected chi connectivity index (χ1v) is 4.75. The lowest BCUT2D eigenvalue weighted by Crippen LogP contribution is -2.15. The quantitative estimate of drug-likeness (QED) is 0.385. The van der Waals surface area contributed by atoms with Crippen LogP contribution in [0.1, 0.15) is 12.0 Å². The minimum atomic E-state index is -4.86. The number of halogens is 3. The van der Waals surface area contributed by atoms with Gasteiger partial charge in [0.1, 0.15) is 6.42 Å². The molecule has 0 spiro atoms. The Balaban J connectivity index is 3.11. The van der Waals surface area contributed by atoms with Gasteiger partial charge in [-0.1, -0.05) is 0 Å². The molecule has 0 saturated carbocycles. The Labute approximate surface area is 107 Å². The highest BCUT2D eigenvalue weighted by atomic mass is 19.4. The summed E-state index contributed by atoms with van der Waals surface area (Å²) in [6, 6.07) is 0.135. The van der Waals surface area contributed by atoms with Crippen molar-refractivity contribution in [3.05, 3.63) is 27.9 Å². The van der Waals surface area contributed by atoms with Crippen molar-refractivity contribution in [1.29, 1.82) is 0 Å². The molecule has 20 heavy (non-hydrogen) atoms. The topological polar surface area (TPSA) is 120 Å². The van der Waals surface area contributed by atoms with Crippen LogP contribution in [-0.4, -0.2) is 27.0 Å². The van der Waals surface area contributed by atoms with Gasteiger partial charge in [-0.05, 0) is 0 Å². The fraction of sp³-hybridized carbons (Fsp3) is 0.222. The van der Waals surface area contributed by atoms with Gasteiger partial charge in [-0.2, -0.15) is 13.2 Å². The molecule has 0 atom stereocenters. The van der Waals surface area contributed by atoms with E-state index in [0.717, 1.165) is 0 Å². The number of nitrogens with zero attached hydrogens (tertiary/aromatic N) is 2. The largest absolute Gasteiger partial charge is 0.481 e. The van der Waals surface area contributed by atoms with Crippen molar-refractivity contribution in [3.63, 3.8) is 0 Å². The fourth-order valence-corrected chi connectivity index (χ4v) is 1.07. The number of carbonyl (C=O) groups excluding carboxylic acids is 1. The smallest absolute Gasteiger partial charge is 0.418 e. The molecule has 0 aliphatic heterocycles. The molecule has 1 aromatic rings. The molecule has 0 aromatic carbocycles. The fourth-order valence-electron chi connectivity index (χ4n) is 1.07. The summed E-state index contributed by atoms with van der Waals surface area (Å²) >= 11 is 0. The van der Waals surface area contributed by atoms with Gasteiger partial charge in [-0.3, -0.25) is 19.7 Å². The van der Waals surface area contributed by atoms with Crippen LogP contribution >= 0.6 is 0 Å². The second-order valence-electron chi connectivity index (χ2n) is 3.35. The van der Waals surface area contributed by atoms with E-state index in [1.54, 1.807) is 0 Å². The summed E-state index contributed by atoms with van der Waals surface area (Å²) in [5.41, 5.74) is -2.60. The van der Waals surface area contributed by atoms with E-state index in [-0.39, 0.29) is 12.3 Å². The molecule has 0 radical (unpaired) electrons. The number of ether oxygens (including phenoxy) is 1. The third-order valence-electron chi connectivity index (χ3n) is 1.86. The standard InChI is InChI=1S/C9H5F3N2O6/c10-9(11,12)4-1-5(14(18)19)8(13-3-4)20-7(17)2-6(15)16/h1,3H,2H2,(H,15,16). The first kappa shape index (κ1) is 15.3. The van der Waals surface area contributed by atoms with Crippen LogP contribution in [0.5, 0.6) is 5.88 Å². The Bertz CT molecular complexity index is 571. The van der Waals surface area contributed by atoms with E-state index in [2.05, 4.69) is 9.72 Å². The number of aliphatic carboxylic acids is 1. The van der Waals surface area contributed by atoms with Crippen LogP contribution in [0.15, 0.2) is 12.3 Å².